The second kappa shape index (κ2) is 6.88. The highest BCUT2D eigenvalue weighted by Crippen LogP contribution is 2.17. The second-order valence-corrected chi connectivity index (χ2v) is 5.20. The summed E-state index contributed by atoms with van der Waals surface area (Å²) < 4.78 is 0. The standard InChI is InChI=1S/C17H21N3O/c1-4-13(3)19-17(21)16-11-15(9-10-18-16)20-14-7-5-12(2)6-8-14/h5-11,13H,4H2,1-3H3,(H,18,20)(H,19,21). The fourth-order valence-corrected chi connectivity index (χ4v) is 1.84. The zero-order valence-electron chi connectivity index (χ0n) is 12.7. The van der Waals surface area contributed by atoms with E-state index in [9.17, 15) is 4.79 Å². The van der Waals surface area contributed by atoms with Gasteiger partial charge in [-0.1, -0.05) is 24.6 Å². The van der Waals surface area contributed by atoms with Crippen molar-refractivity contribution in [2.45, 2.75) is 33.2 Å². The summed E-state index contributed by atoms with van der Waals surface area (Å²) >= 11 is 0. The SMILES string of the molecule is CCC(C)NC(=O)c1cc(Nc2ccc(C)cc2)ccn1. The van der Waals surface area contributed by atoms with Gasteiger partial charge >= 0.3 is 0 Å². The molecule has 21 heavy (non-hydrogen) atoms. The molecule has 1 heterocycles. The maximum absolute atomic E-state index is 12.1. The Morgan fingerprint density at radius 2 is 1.90 bits per heavy atom. The van der Waals surface area contributed by atoms with E-state index in [0.29, 0.717) is 5.69 Å². The molecule has 1 aromatic carbocycles. The highest BCUT2D eigenvalue weighted by molar-refractivity contribution is 5.93. The molecule has 2 rings (SSSR count). The summed E-state index contributed by atoms with van der Waals surface area (Å²) in [4.78, 5) is 16.2. The highest BCUT2D eigenvalue weighted by atomic mass is 16.1. The van der Waals surface area contributed by atoms with Gasteiger partial charge in [-0.2, -0.15) is 0 Å². The molecular weight excluding hydrogens is 262 g/mol. The summed E-state index contributed by atoms with van der Waals surface area (Å²) in [6, 6.07) is 11.9. The molecule has 0 saturated heterocycles. The minimum atomic E-state index is -0.142. The van der Waals surface area contributed by atoms with Crippen LogP contribution in [-0.2, 0) is 0 Å². The number of carbonyl (C=O) groups is 1. The third kappa shape index (κ3) is 4.31. The van der Waals surface area contributed by atoms with Crippen LogP contribution in [0.25, 0.3) is 0 Å². The van der Waals surface area contributed by atoms with Crippen molar-refractivity contribution in [1.29, 1.82) is 0 Å². The number of nitrogens with one attached hydrogen (secondary N) is 2. The van der Waals surface area contributed by atoms with Gasteiger partial charge in [-0.25, -0.2) is 0 Å². The molecule has 1 unspecified atom stereocenters. The van der Waals surface area contributed by atoms with Crippen molar-refractivity contribution in [3.63, 3.8) is 0 Å². The van der Waals surface area contributed by atoms with E-state index in [1.165, 1.54) is 5.56 Å². The van der Waals surface area contributed by atoms with E-state index in [0.717, 1.165) is 17.8 Å². The van der Waals surface area contributed by atoms with E-state index in [2.05, 4.69) is 15.6 Å². The van der Waals surface area contributed by atoms with Gasteiger partial charge in [0.2, 0.25) is 0 Å². The van der Waals surface area contributed by atoms with Crippen LogP contribution in [0.15, 0.2) is 42.6 Å². The monoisotopic (exact) mass is 283 g/mol. The van der Waals surface area contributed by atoms with Gasteiger partial charge in [-0.05, 0) is 44.5 Å². The van der Waals surface area contributed by atoms with E-state index in [-0.39, 0.29) is 11.9 Å². The van der Waals surface area contributed by atoms with Gasteiger partial charge < -0.3 is 10.6 Å². The van der Waals surface area contributed by atoms with Gasteiger partial charge in [0.15, 0.2) is 0 Å². The summed E-state index contributed by atoms with van der Waals surface area (Å²) in [6.45, 7) is 6.06. The fourth-order valence-electron chi connectivity index (χ4n) is 1.84. The Morgan fingerprint density at radius 3 is 2.57 bits per heavy atom. The zero-order chi connectivity index (χ0) is 15.2. The number of aryl methyl sites for hydroxylation is 1. The first-order valence-electron chi connectivity index (χ1n) is 7.19. The zero-order valence-corrected chi connectivity index (χ0v) is 12.7. The first-order chi connectivity index (χ1) is 10.1. The molecule has 110 valence electrons. The third-order valence-electron chi connectivity index (χ3n) is 3.32. The molecule has 1 aromatic heterocycles. The Balaban J connectivity index is 2.10. The minimum Gasteiger partial charge on any atom is -0.355 e. The summed E-state index contributed by atoms with van der Waals surface area (Å²) in [7, 11) is 0. The average Bonchev–Trinajstić information content (AvgIpc) is 2.49. The predicted molar refractivity (Wildman–Crippen MR) is 85.9 cm³/mol. The molecule has 1 atom stereocenters. The Morgan fingerprint density at radius 1 is 1.19 bits per heavy atom. The number of anilines is 2. The van der Waals surface area contributed by atoms with Gasteiger partial charge in [0.25, 0.3) is 5.91 Å². The largest absolute Gasteiger partial charge is 0.355 e. The number of carbonyl (C=O) groups excluding carboxylic acids is 1. The van der Waals surface area contributed by atoms with E-state index in [1.807, 2.05) is 51.1 Å². The Kier molecular flexibility index (Phi) is 4.93. The molecule has 4 nitrogen and oxygen atoms in total. The van der Waals surface area contributed by atoms with Crippen LogP contribution in [0.3, 0.4) is 0 Å². The Bertz CT molecular complexity index is 608. The first kappa shape index (κ1) is 15.0. The number of hydrogen-bond donors (Lipinski definition) is 2. The van der Waals surface area contributed by atoms with Crippen LogP contribution in [-0.4, -0.2) is 16.9 Å². The molecule has 2 aromatic rings. The lowest BCUT2D eigenvalue weighted by Gasteiger charge is -2.12. The van der Waals surface area contributed by atoms with Crippen LogP contribution in [0, 0.1) is 6.92 Å². The molecule has 2 N–H and O–H groups in total. The predicted octanol–water partition coefficient (Wildman–Crippen LogP) is 3.66. The van der Waals surface area contributed by atoms with Crippen molar-refractivity contribution < 1.29 is 4.79 Å². The minimum absolute atomic E-state index is 0.142. The van der Waals surface area contributed by atoms with E-state index < -0.39 is 0 Å². The highest BCUT2D eigenvalue weighted by Gasteiger charge is 2.10. The van der Waals surface area contributed by atoms with Crippen molar-refractivity contribution in [2.24, 2.45) is 0 Å². The van der Waals surface area contributed by atoms with Crippen molar-refractivity contribution in [1.82, 2.24) is 10.3 Å². The van der Waals surface area contributed by atoms with Crippen LogP contribution in [0.4, 0.5) is 11.4 Å². The molecule has 0 spiro atoms. The van der Waals surface area contributed by atoms with Gasteiger partial charge in [0, 0.05) is 23.6 Å². The summed E-state index contributed by atoms with van der Waals surface area (Å²) in [5.41, 5.74) is 3.47. The van der Waals surface area contributed by atoms with Crippen LogP contribution >= 0.6 is 0 Å². The van der Waals surface area contributed by atoms with Crippen LogP contribution in [0.5, 0.6) is 0 Å². The molecule has 0 radical (unpaired) electrons. The lowest BCUT2D eigenvalue weighted by Crippen LogP contribution is -2.32. The van der Waals surface area contributed by atoms with Crippen LogP contribution in [0.2, 0.25) is 0 Å². The maximum atomic E-state index is 12.1. The van der Waals surface area contributed by atoms with E-state index >= 15 is 0 Å². The molecule has 0 aliphatic rings. The second-order valence-electron chi connectivity index (χ2n) is 5.20. The van der Waals surface area contributed by atoms with Gasteiger partial charge in [0.05, 0.1) is 0 Å². The first-order valence-corrected chi connectivity index (χ1v) is 7.19. The number of benzene rings is 1. The smallest absolute Gasteiger partial charge is 0.270 e. The lowest BCUT2D eigenvalue weighted by atomic mass is 10.2. The lowest BCUT2D eigenvalue weighted by molar-refractivity contribution is 0.0934. The number of nitrogens with zero attached hydrogens (tertiary/aromatic N) is 1. The molecule has 0 bridgehead atoms. The fraction of sp³-hybridized carbons (Fsp3) is 0.294. The normalized spacial score (nSPS) is 11.8. The van der Waals surface area contributed by atoms with Gasteiger partial charge in [-0.15, -0.1) is 0 Å². The van der Waals surface area contributed by atoms with Crippen molar-refractivity contribution >= 4 is 17.3 Å². The number of rotatable bonds is 5. The summed E-state index contributed by atoms with van der Waals surface area (Å²) in [5.74, 6) is -0.142. The number of pyridine rings is 1. The molecule has 0 fully saturated rings. The topological polar surface area (TPSA) is 54.0 Å². The number of aromatic nitrogens is 1. The van der Waals surface area contributed by atoms with E-state index in [1.54, 1.807) is 12.3 Å². The van der Waals surface area contributed by atoms with Crippen molar-refractivity contribution in [3.05, 3.63) is 53.9 Å². The number of hydrogen-bond acceptors (Lipinski definition) is 3. The molecule has 0 aliphatic heterocycles. The van der Waals surface area contributed by atoms with Crippen LogP contribution < -0.4 is 10.6 Å². The Hall–Kier alpha value is -2.36. The summed E-state index contributed by atoms with van der Waals surface area (Å²) in [6.07, 6.45) is 2.54. The molecule has 4 heteroatoms. The maximum Gasteiger partial charge on any atom is 0.270 e. The average molecular weight is 283 g/mol. The quantitative estimate of drug-likeness (QED) is 0.880. The van der Waals surface area contributed by atoms with Crippen molar-refractivity contribution in [3.8, 4) is 0 Å². The van der Waals surface area contributed by atoms with Gasteiger partial charge in [0.1, 0.15) is 5.69 Å². The van der Waals surface area contributed by atoms with Crippen LogP contribution in [0.1, 0.15) is 36.3 Å². The molecular formula is C17H21N3O. The van der Waals surface area contributed by atoms with E-state index in [4.69, 9.17) is 0 Å². The molecule has 0 aliphatic carbocycles. The third-order valence-corrected chi connectivity index (χ3v) is 3.32. The Labute approximate surface area is 125 Å². The van der Waals surface area contributed by atoms with Gasteiger partial charge in [-0.3, -0.25) is 9.78 Å². The summed E-state index contributed by atoms with van der Waals surface area (Å²) in [5, 5.41) is 6.19. The molecule has 1 amide bonds. The molecule has 0 saturated carbocycles. The number of amides is 1. The van der Waals surface area contributed by atoms with Crippen molar-refractivity contribution in [2.75, 3.05) is 5.32 Å².